The molecule has 1 aromatic heterocycles. The molecule has 2 N–H and O–H groups in total. The topological polar surface area (TPSA) is 68.7 Å². The van der Waals surface area contributed by atoms with E-state index in [9.17, 15) is 4.79 Å². The Morgan fingerprint density at radius 1 is 1.28 bits per heavy atom. The molecule has 3 heterocycles. The lowest BCUT2D eigenvalue weighted by molar-refractivity contribution is -0.127. The number of rotatable bonds is 3. The quantitative estimate of drug-likeness (QED) is 0.874. The second kappa shape index (κ2) is 6.41. The number of furan rings is 1. The van der Waals surface area contributed by atoms with Gasteiger partial charge in [0.15, 0.2) is 0 Å². The number of fused-ring (bicyclic) bond motifs is 2. The summed E-state index contributed by atoms with van der Waals surface area (Å²) in [4.78, 5) is 14.3. The number of benzene rings is 1. The Hall–Kier alpha value is -2.53. The van der Waals surface area contributed by atoms with Crippen molar-refractivity contribution in [1.29, 1.82) is 0 Å². The average molecular weight is 338 g/mol. The van der Waals surface area contributed by atoms with Gasteiger partial charge in [0.05, 0.1) is 19.1 Å². The fourth-order valence-corrected chi connectivity index (χ4v) is 3.75. The van der Waals surface area contributed by atoms with E-state index in [1.54, 1.807) is 24.7 Å². The van der Waals surface area contributed by atoms with Crippen molar-refractivity contribution in [1.82, 2.24) is 4.90 Å². The molecule has 1 amide bonds. The molecular weight excluding hydrogens is 316 g/mol. The van der Waals surface area contributed by atoms with Crippen LogP contribution in [0.15, 0.2) is 47.3 Å². The molecule has 0 unspecified atom stereocenters. The first-order valence-electron chi connectivity index (χ1n) is 8.66. The highest BCUT2D eigenvalue weighted by Crippen LogP contribution is 2.45. The van der Waals surface area contributed by atoms with Crippen molar-refractivity contribution in [2.45, 2.75) is 24.8 Å². The third kappa shape index (κ3) is 2.96. The Kier molecular flexibility index (Phi) is 4.09. The summed E-state index contributed by atoms with van der Waals surface area (Å²) in [5, 5.41) is 0. The minimum Gasteiger partial charge on any atom is -0.492 e. The molecule has 4 rings (SSSR count). The zero-order valence-corrected chi connectivity index (χ0v) is 14.1. The predicted molar refractivity (Wildman–Crippen MR) is 95.1 cm³/mol. The van der Waals surface area contributed by atoms with Gasteiger partial charge >= 0.3 is 0 Å². The van der Waals surface area contributed by atoms with Gasteiger partial charge in [-0.15, -0.1) is 0 Å². The molecule has 1 spiro atoms. The zero-order valence-electron chi connectivity index (χ0n) is 14.1. The molecule has 1 fully saturated rings. The third-order valence-electron chi connectivity index (χ3n) is 5.35. The van der Waals surface area contributed by atoms with Crippen LogP contribution < -0.4 is 10.5 Å². The normalized spacial score (nSPS) is 18.5. The summed E-state index contributed by atoms with van der Waals surface area (Å²) in [6, 6.07) is 8.06. The molecule has 25 heavy (non-hydrogen) atoms. The van der Waals surface area contributed by atoms with Crippen LogP contribution in [-0.4, -0.2) is 30.5 Å². The maximum Gasteiger partial charge on any atom is 0.246 e. The van der Waals surface area contributed by atoms with Gasteiger partial charge in [-0.3, -0.25) is 4.79 Å². The number of carbonyl (C=O) groups excluding carboxylic acids is 1. The van der Waals surface area contributed by atoms with Gasteiger partial charge in [0.25, 0.3) is 0 Å². The standard InChI is InChI=1S/C20H22N2O3/c21-12-16-1-3-18-17(11-16)20(14-25-18)6-8-22(9-7-20)19(23)4-2-15-5-10-24-13-15/h1-5,10-11,13H,6-9,12,14,21H2. The number of hydrogen-bond donors (Lipinski definition) is 1. The van der Waals surface area contributed by atoms with Gasteiger partial charge < -0.3 is 19.8 Å². The van der Waals surface area contributed by atoms with Crippen molar-refractivity contribution in [2.24, 2.45) is 5.73 Å². The minimum absolute atomic E-state index is 0.0194. The number of nitrogens with two attached hydrogens (primary N) is 1. The van der Waals surface area contributed by atoms with Gasteiger partial charge in [-0.1, -0.05) is 12.1 Å². The van der Waals surface area contributed by atoms with E-state index in [2.05, 4.69) is 6.07 Å². The maximum absolute atomic E-state index is 12.4. The van der Waals surface area contributed by atoms with E-state index in [0.29, 0.717) is 13.2 Å². The first-order valence-corrected chi connectivity index (χ1v) is 8.66. The molecule has 0 bridgehead atoms. The van der Waals surface area contributed by atoms with Gasteiger partial charge in [-0.25, -0.2) is 0 Å². The van der Waals surface area contributed by atoms with E-state index in [0.717, 1.165) is 42.8 Å². The van der Waals surface area contributed by atoms with Gasteiger partial charge in [0.1, 0.15) is 5.75 Å². The summed E-state index contributed by atoms with van der Waals surface area (Å²) in [6.07, 6.45) is 8.46. The van der Waals surface area contributed by atoms with Crippen LogP contribution in [-0.2, 0) is 16.8 Å². The van der Waals surface area contributed by atoms with Crippen molar-refractivity contribution < 1.29 is 13.9 Å². The van der Waals surface area contributed by atoms with E-state index in [4.69, 9.17) is 14.9 Å². The van der Waals surface area contributed by atoms with E-state index in [1.165, 1.54) is 5.56 Å². The highest BCUT2D eigenvalue weighted by atomic mass is 16.5. The molecule has 0 aliphatic carbocycles. The molecule has 0 atom stereocenters. The molecule has 1 saturated heterocycles. The first-order chi connectivity index (χ1) is 12.2. The molecule has 0 saturated carbocycles. The second-order valence-electron chi connectivity index (χ2n) is 6.82. The van der Waals surface area contributed by atoms with Gasteiger partial charge in [-0.2, -0.15) is 0 Å². The Morgan fingerprint density at radius 3 is 2.84 bits per heavy atom. The highest BCUT2D eigenvalue weighted by molar-refractivity contribution is 5.91. The molecular formula is C20H22N2O3. The van der Waals surface area contributed by atoms with Gasteiger partial charge in [0.2, 0.25) is 5.91 Å². The van der Waals surface area contributed by atoms with Crippen LogP contribution in [0, 0.1) is 0 Å². The van der Waals surface area contributed by atoms with Crippen LogP contribution in [0.5, 0.6) is 5.75 Å². The van der Waals surface area contributed by atoms with Crippen molar-refractivity contribution in [3.63, 3.8) is 0 Å². The minimum atomic E-state index is 0.0194. The van der Waals surface area contributed by atoms with E-state index < -0.39 is 0 Å². The molecule has 130 valence electrons. The number of ether oxygens (including phenoxy) is 1. The zero-order chi connectivity index (χ0) is 17.3. The Labute approximate surface area is 147 Å². The number of piperidine rings is 1. The van der Waals surface area contributed by atoms with Crippen molar-refractivity contribution >= 4 is 12.0 Å². The Balaban J connectivity index is 1.45. The molecule has 5 heteroatoms. The number of carbonyl (C=O) groups is 1. The summed E-state index contributed by atoms with van der Waals surface area (Å²) in [5.74, 6) is 1.02. The van der Waals surface area contributed by atoms with Crippen molar-refractivity contribution in [2.75, 3.05) is 19.7 Å². The van der Waals surface area contributed by atoms with Crippen LogP contribution in [0.3, 0.4) is 0 Å². The lowest BCUT2D eigenvalue weighted by atomic mass is 9.74. The fraction of sp³-hybridized carbons (Fsp3) is 0.350. The Morgan fingerprint density at radius 2 is 2.12 bits per heavy atom. The second-order valence-corrected chi connectivity index (χ2v) is 6.82. The van der Waals surface area contributed by atoms with Crippen LogP contribution in [0.1, 0.15) is 29.5 Å². The van der Waals surface area contributed by atoms with E-state index >= 15 is 0 Å². The average Bonchev–Trinajstić information content (AvgIpc) is 3.29. The van der Waals surface area contributed by atoms with E-state index in [-0.39, 0.29) is 11.3 Å². The van der Waals surface area contributed by atoms with Crippen LogP contribution in [0.25, 0.3) is 6.08 Å². The molecule has 1 aromatic carbocycles. The lowest BCUT2D eigenvalue weighted by Gasteiger charge is -2.38. The molecule has 5 nitrogen and oxygen atoms in total. The van der Waals surface area contributed by atoms with Gasteiger partial charge in [-0.05, 0) is 36.6 Å². The van der Waals surface area contributed by atoms with Crippen molar-refractivity contribution in [3.05, 3.63) is 59.6 Å². The fourth-order valence-electron chi connectivity index (χ4n) is 3.75. The molecule has 2 aromatic rings. The third-order valence-corrected chi connectivity index (χ3v) is 5.35. The predicted octanol–water partition coefficient (Wildman–Crippen LogP) is 2.70. The first kappa shape index (κ1) is 16.0. The SMILES string of the molecule is NCc1ccc2c(c1)C1(CCN(C(=O)C=Cc3ccoc3)CC1)CO2. The maximum atomic E-state index is 12.4. The van der Waals surface area contributed by atoms with E-state index in [1.807, 2.05) is 23.1 Å². The lowest BCUT2D eigenvalue weighted by Crippen LogP contribution is -2.45. The summed E-state index contributed by atoms with van der Waals surface area (Å²) < 4.78 is 10.9. The smallest absolute Gasteiger partial charge is 0.246 e. The van der Waals surface area contributed by atoms with Gasteiger partial charge in [0, 0.05) is 42.3 Å². The Bertz CT molecular complexity index is 787. The number of hydrogen-bond acceptors (Lipinski definition) is 4. The number of likely N-dealkylation sites (tertiary alicyclic amines) is 1. The highest BCUT2D eigenvalue weighted by Gasteiger charge is 2.43. The largest absolute Gasteiger partial charge is 0.492 e. The van der Waals surface area contributed by atoms with Crippen molar-refractivity contribution in [3.8, 4) is 5.75 Å². The number of nitrogens with zero attached hydrogens (tertiary/aromatic N) is 1. The van der Waals surface area contributed by atoms with Crippen LogP contribution in [0.4, 0.5) is 0 Å². The molecule has 0 radical (unpaired) electrons. The molecule has 2 aliphatic rings. The van der Waals surface area contributed by atoms with Crippen LogP contribution >= 0.6 is 0 Å². The summed E-state index contributed by atoms with van der Waals surface area (Å²) >= 11 is 0. The molecule has 2 aliphatic heterocycles. The summed E-state index contributed by atoms with van der Waals surface area (Å²) in [6.45, 7) is 2.71. The van der Waals surface area contributed by atoms with Crippen LogP contribution in [0.2, 0.25) is 0 Å². The summed E-state index contributed by atoms with van der Waals surface area (Å²) in [7, 11) is 0. The monoisotopic (exact) mass is 338 g/mol. The number of amides is 1. The summed E-state index contributed by atoms with van der Waals surface area (Å²) in [5.41, 5.74) is 9.10.